The average molecular weight is 985 g/mol. The number of benzene rings is 4. The molecule has 0 spiro atoms. The molecule has 17 nitrogen and oxygen atoms in total. The number of ether oxygens (including phenoxy) is 1. The fourth-order valence-electron chi connectivity index (χ4n) is 8.45. The molecular formula is C55H68N8O9. The summed E-state index contributed by atoms with van der Waals surface area (Å²) in [6.45, 7) is 15.5. The van der Waals surface area contributed by atoms with Crippen molar-refractivity contribution in [2.45, 2.75) is 123 Å². The van der Waals surface area contributed by atoms with Crippen molar-refractivity contribution in [3.63, 3.8) is 0 Å². The van der Waals surface area contributed by atoms with Crippen LogP contribution in [0, 0.1) is 11.8 Å². The number of hydrogen-bond donors (Lipinski definition) is 7. The molecule has 7 N–H and O–H groups in total. The van der Waals surface area contributed by atoms with E-state index < -0.39 is 59.3 Å². The molecule has 382 valence electrons. The molecule has 0 saturated carbocycles. The monoisotopic (exact) mass is 985 g/mol. The van der Waals surface area contributed by atoms with Crippen LogP contribution in [-0.2, 0) is 36.8 Å². The van der Waals surface area contributed by atoms with Crippen molar-refractivity contribution in [3.8, 4) is 28.6 Å². The Balaban J connectivity index is 1.26. The molecule has 6 rings (SSSR count). The fraction of sp³-hybridized carbons (Fsp3) is 0.418. The summed E-state index contributed by atoms with van der Waals surface area (Å²) in [4.78, 5) is 84.0. The van der Waals surface area contributed by atoms with Crippen LogP contribution in [0.25, 0.3) is 17.1 Å². The lowest BCUT2D eigenvalue weighted by Crippen LogP contribution is -2.59. The molecule has 2 heterocycles. The zero-order valence-electron chi connectivity index (χ0n) is 42.3. The average Bonchev–Trinajstić information content (AvgIpc) is 3.95. The number of carbonyl (C=O) groups excluding carboxylic acids is 6. The van der Waals surface area contributed by atoms with Gasteiger partial charge in [0, 0.05) is 30.3 Å². The van der Waals surface area contributed by atoms with E-state index in [0.717, 1.165) is 11.1 Å². The van der Waals surface area contributed by atoms with Crippen LogP contribution in [0.2, 0.25) is 0 Å². The van der Waals surface area contributed by atoms with Gasteiger partial charge in [-0.3, -0.25) is 33.3 Å². The summed E-state index contributed by atoms with van der Waals surface area (Å²) in [6.07, 6.45) is 1.25. The molecule has 4 aromatic carbocycles. The summed E-state index contributed by atoms with van der Waals surface area (Å²) in [6, 6.07) is 23.4. The van der Waals surface area contributed by atoms with Crippen LogP contribution in [-0.4, -0.2) is 103 Å². The summed E-state index contributed by atoms with van der Waals surface area (Å²) in [5, 5.41) is 44.3. The van der Waals surface area contributed by atoms with Crippen LogP contribution >= 0.6 is 0 Å². The number of carbonyl (C=O) groups is 6. The number of phenolic OH excluding ortho intramolecular Hbond substituents is 2. The Bertz CT molecular complexity index is 2700. The van der Waals surface area contributed by atoms with E-state index in [4.69, 9.17) is 4.74 Å². The van der Waals surface area contributed by atoms with E-state index in [0.29, 0.717) is 30.6 Å². The number of aromatic nitrogens is 3. The number of epoxide rings is 1. The lowest BCUT2D eigenvalue weighted by atomic mass is 9.93. The highest BCUT2D eigenvalue weighted by molar-refractivity contribution is 6.00. The Morgan fingerprint density at radius 2 is 1.22 bits per heavy atom. The normalized spacial score (nSPS) is 15.8. The maximum atomic E-state index is 14.5. The highest BCUT2D eigenvalue weighted by Crippen LogP contribution is 2.38. The maximum Gasteiger partial charge on any atom is 0.289 e. The Morgan fingerprint density at radius 1 is 0.667 bits per heavy atom. The van der Waals surface area contributed by atoms with Crippen molar-refractivity contribution in [1.29, 1.82) is 0 Å². The quantitative estimate of drug-likeness (QED) is 0.0349. The SMILES string of the molecule is CCNC(=O)c1nnc(-c2cc(C(C)C)c(O)cc2O)n1-c1ccc(C(=O)N[C@@H](CCc2ccccc2)C(=O)N[C@@H](CC(C)C)C(=O)N[C@@H](Cc2ccccc2)C(=O)N[C@@H](CC(C)C)C(=O)[C@@]2(C)CO2)cc1. The summed E-state index contributed by atoms with van der Waals surface area (Å²) in [5.74, 6) is -3.63. The maximum absolute atomic E-state index is 14.5. The van der Waals surface area contributed by atoms with Crippen LogP contribution in [0.3, 0.4) is 0 Å². The second kappa shape index (κ2) is 24.1. The Kier molecular flexibility index (Phi) is 18.1. The lowest BCUT2D eigenvalue weighted by Gasteiger charge is -2.28. The van der Waals surface area contributed by atoms with E-state index in [9.17, 15) is 39.0 Å². The van der Waals surface area contributed by atoms with Gasteiger partial charge in [-0.15, -0.1) is 10.2 Å². The zero-order valence-corrected chi connectivity index (χ0v) is 42.3. The number of nitrogens with one attached hydrogen (secondary N) is 5. The number of nitrogens with zero attached hydrogens (tertiary/aromatic N) is 3. The molecule has 1 aromatic heterocycles. The number of rotatable bonds is 24. The van der Waals surface area contributed by atoms with Gasteiger partial charge in [0.05, 0.1) is 18.2 Å². The van der Waals surface area contributed by atoms with E-state index >= 15 is 0 Å². The predicted octanol–water partition coefficient (Wildman–Crippen LogP) is 6.10. The Morgan fingerprint density at radius 3 is 1.81 bits per heavy atom. The van der Waals surface area contributed by atoms with Gasteiger partial charge >= 0.3 is 0 Å². The molecule has 1 aliphatic rings. The van der Waals surface area contributed by atoms with Gasteiger partial charge in [0.1, 0.15) is 35.2 Å². The highest BCUT2D eigenvalue weighted by atomic mass is 16.6. The van der Waals surface area contributed by atoms with Crippen LogP contribution in [0.15, 0.2) is 97.1 Å². The highest BCUT2D eigenvalue weighted by Gasteiger charge is 2.50. The van der Waals surface area contributed by atoms with Gasteiger partial charge < -0.3 is 41.5 Å². The van der Waals surface area contributed by atoms with E-state index in [1.165, 1.54) is 22.8 Å². The fourth-order valence-corrected chi connectivity index (χ4v) is 8.45. The minimum Gasteiger partial charge on any atom is -0.508 e. The van der Waals surface area contributed by atoms with Crippen LogP contribution in [0.4, 0.5) is 0 Å². The number of Topliss-reactive ketones (excluding diaryl/α,β-unsaturated/α-hetero) is 1. The van der Waals surface area contributed by atoms with Crippen molar-refractivity contribution in [3.05, 3.63) is 125 Å². The minimum absolute atomic E-state index is 0.0671. The van der Waals surface area contributed by atoms with Gasteiger partial charge in [0.25, 0.3) is 11.8 Å². The first-order valence-electron chi connectivity index (χ1n) is 24.7. The van der Waals surface area contributed by atoms with E-state index in [2.05, 4.69) is 36.8 Å². The minimum atomic E-state index is -1.13. The molecule has 0 radical (unpaired) electrons. The lowest BCUT2D eigenvalue weighted by molar-refractivity contribution is -0.134. The molecule has 0 unspecified atom stereocenters. The van der Waals surface area contributed by atoms with Gasteiger partial charge in [-0.25, -0.2) is 0 Å². The van der Waals surface area contributed by atoms with Gasteiger partial charge in [-0.2, -0.15) is 0 Å². The topological polar surface area (TPSA) is 246 Å². The number of hydrogen-bond acceptors (Lipinski definition) is 11. The molecule has 5 atom stereocenters. The molecule has 5 aromatic rings. The molecule has 1 fully saturated rings. The second-order valence-electron chi connectivity index (χ2n) is 19.7. The largest absolute Gasteiger partial charge is 0.508 e. The number of aryl methyl sites for hydroxylation is 1. The third kappa shape index (κ3) is 13.9. The summed E-state index contributed by atoms with van der Waals surface area (Å²) >= 11 is 0. The number of aromatic hydroxyl groups is 2. The molecule has 5 amide bonds. The molecule has 72 heavy (non-hydrogen) atoms. The van der Waals surface area contributed by atoms with Crippen molar-refractivity contribution in [2.75, 3.05) is 13.2 Å². The van der Waals surface area contributed by atoms with Crippen LogP contribution < -0.4 is 26.6 Å². The molecule has 1 aliphatic heterocycles. The van der Waals surface area contributed by atoms with Crippen LogP contribution in [0.1, 0.15) is 118 Å². The first-order chi connectivity index (χ1) is 34.3. The molecule has 1 saturated heterocycles. The summed E-state index contributed by atoms with van der Waals surface area (Å²) < 4.78 is 6.88. The first-order valence-corrected chi connectivity index (χ1v) is 24.7. The second-order valence-corrected chi connectivity index (χ2v) is 19.7. The van der Waals surface area contributed by atoms with E-state index in [1.54, 1.807) is 32.0 Å². The standard InChI is InChI=1S/C55H68N8O9/c1-9-56-54(71)49-62-61-48(40-29-39(34(6)7)45(64)30-46(40)65)63(49)38-23-21-37(22-24-38)50(67)57-41(25-20-35-16-12-10-13-17-35)51(68)59-43(27-33(4)5)52(69)60-44(28-36-18-14-11-15-19-36)53(70)58-42(26-32(2)3)47(66)55(8)31-72-55/h10-19,21-24,29-30,32-34,41-44,64-65H,9,20,25-28,31H2,1-8H3,(H,56,71)(H,57,67)(H,58,70)(H,59,68)(H,60,69)/t41-,42-,43-,44-,55+/m0/s1. The third-order valence-electron chi connectivity index (χ3n) is 12.5. The van der Waals surface area contributed by atoms with Gasteiger partial charge in [-0.1, -0.05) is 102 Å². The third-order valence-corrected chi connectivity index (χ3v) is 12.5. The number of phenols is 2. The van der Waals surface area contributed by atoms with Crippen molar-refractivity contribution in [1.82, 2.24) is 41.3 Å². The van der Waals surface area contributed by atoms with E-state index in [-0.39, 0.29) is 83.7 Å². The smallest absolute Gasteiger partial charge is 0.289 e. The Labute approximate surface area is 420 Å². The van der Waals surface area contributed by atoms with Crippen molar-refractivity contribution in [2.24, 2.45) is 11.8 Å². The summed E-state index contributed by atoms with van der Waals surface area (Å²) in [5.41, 5.74) is 2.01. The van der Waals surface area contributed by atoms with Crippen LogP contribution in [0.5, 0.6) is 11.5 Å². The van der Waals surface area contributed by atoms with Gasteiger partial charge in [-0.05, 0) is 104 Å². The van der Waals surface area contributed by atoms with Crippen molar-refractivity contribution < 1.29 is 43.7 Å². The molecule has 0 aliphatic carbocycles. The van der Waals surface area contributed by atoms with Gasteiger partial charge in [0.15, 0.2) is 11.6 Å². The van der Waals surface area contributed by atoms with Crippen molar-refractivity contribution >= 4 is 35.3 Å². The number of amides is 5. The predicted molar refractivity (Wildman–Crippen MR) is 272 cm³/mol. The van der Waals surface area contributed by atoms with E-state index in [1.807, 2.05) is 102 Å². The van der Waals surface area contributed by atoms with Gasteiger partial charge in [0.2, 0.25) is 23.5 Å². The first kappa shape index (κ1) is 53.9. The Hall–Kier alpha value is -7.40. The molecule has 0 bridgehead atoms. The molecule has 17 heteroatoms. The molecular weight excluding hydrogens is 917 g/mol. The number of ketones is 1. The summed E-state index contributed by atoms with van der Waals surface area (Å²) in [7, 11) is 0. The zero-order chi connectivity index (χ0) is 52.3.